The number of halogens is 3. The summed E-state index contributed by atoms with van der Waals surface area (Å²) < 4.78 is 37.5. The van der Waals surface area contributed by atoms with Crippen LogP contribution in [0.25, 0.3) is 0 Å². The van der Waals surface area contributed by atoms with E-state index in [9.17, 15) is 13.2 Å². The van der Waals surface area contributed by atoms with Crippen LogP contribution in [0.4, 0.5) is 13.2 Å². The number of piperidine rings is 1. The summed E-state index contributed by atoms with van der Waals surface area (Å²) in [6.07, 6.45) is 0.208. The maximum absolute atomic E-state index is 12.5. The van der Waals surface area contributed by atoms with E-state index in [-0.39, 0.29) is 0 Å². The van der Waals surface area contributed by atoms with Gasteiger partial charge in [0.1, 0.15) is 0 Å². The van der Waals surface area contributed by atoms with Crippen LogP contribution >= 0.6 is 0 Å². The Morgan fingerprint density at radius 2 is 1.85 bits per heavy atom. The number of alkyl halides is 3. The molecule has 112 valence electrons. The summed E-state index contributed by atoms with van der Waals surface area (Å²) in [5.74, 6) is 0. The first-order chi connectivity index (χ1) is 9.50. The van der Waals surface area contributed by atoms with Crippen LogP contribution in [0.5, 0.6) is 0 Å². The van der Waals surface area contributed by atoms with Crippen LogP contribution in [0.15, 0.2) is 24.3 Å². The Hall–Kier alpha value is -1.07. The molecule has 0 aliphatic carbocycles. The second-order valence-corrected chi connectivity index (χ2v) is 5.39. The van der Waals surface area contributed by atoms with Crippen LogP contribution in [0, 0.1) is 0 Å². The Bertz CT molecular complexity index is 412. The molecule has 2 N–H and O–H groups in total. The number of hydrogen-bond donors (Lipinski definition) is 1. The number of benzene rings is 1. The van der Waals surface area contributed by atoms with Crippen molar-refractivity contribution in [2.45, 2.75) is 44.4 Å². The van der Waals surface area contributed by atoms with Crippen LogP contribution in [0.2, 0.25) is 0 Å². The van der Waals surface area contributed by atoms with Crippen molar-refractivity contribution >= 4 is 0 Å². The van der Waals surface area contributed by atoms with E-state index in [4.69, 9.17) is 5.73 Å². The van der Waals surface area contributed by atoms with Crippen LogP contribution in [-0.4, -0.2) is 24.0 Å². The molecule has 2 rings (SSSR count). The average molecular weight is 286 g/mol. The lowest BCUT2D eigenvalue weighted by Gasteiger charge is -2.35. The van der Waals surface area contributed by atoms with Gasteiger partial charge in [0.15, 0.2) is 0 Å². The Morgan fingerprint density at radius 1 is 1.15 bits per heavy atom. The van der Waals surface area contributed by atoms with Gasteiger partial charge in [0.05, 0.1) is 5.56 Å². The maximum Gasteiger partial charge on any atom is 0.416 e. The van der Waals surface area contributed by atoms with Crippen LogP contribution < -0.4 is 5.73 Å². The summed E-state index contributed by atoms with van der Waals surface area (Å²) in [6, 6.07) is 5.96. The molecule has 2 nitrogen and oxygen atoms in total. The molecule has 1 fully saturated rings. The van der Waals surface area contributed by atoms with Crippen molar-refractivity contribution in [2.24, 2.45) is 5.73 Å². The minimum atomic E-state index is -4.26. The smallest absolute Gasteiger partial charge is 0.330 e. The normalized spacial score (nSPS) is 21.1. The largest absolute Gasteiger partial charge is 0.416 e. The standard InChI is InChI=1S/C15H21F3N2/c16-15(17,18)13-6-4-12(5-7-13)11-20-10-2-1-3-14(20)8-9-19/h4-7,14H,1-3,8-11,19H2. The molecule has 0 spiro atoms. The Balaban J connectivity index is 2.01. The SMILES string of the molecule is NCCC1CCCCN1Cc1ccc(C(F)(F)F)cc1. The molecule has 1 atom stereocenters. The first kappa shape index (κ1) is 15.3. The summed E-state index contributed by atoms with van der Waals surface area (Å²) in [5, 5.41) is 0. The molecule has 1 unspecified atom stereocenters. The second kappa shape index (κ2) is 6.59. The molecule has 20 heavy (non-hydrogen) atoms. The van der Waals surface area contributed by atoms with E-state index in [0.717, 1.165) is 43.5 Å². The van der Waals surface area contributed by atoms with Crippen molar-refractivity contribution < 1.29 is 13.2 Å². The zero-order chi connectivity index (χ0) is 14.6. The predicted octanol–water partition coefficient (Wildman–Crippen LogP) is 3.41. The Morgan fingerprint density at radius 3 is 2.45 bits per heavy atom. The summed E-state index contributed by atoms with van der Waals surface area (Å²) >= 11 is 0. The van der Waals surface area contributed by atoms with Gasteiger partial charge in [0.2, 0.25) is 0 Å². The van der Waals surface area contributed by atoms with Gasteiger partial charge in [0, 0.05) is 12.6 Å². The minimum Gasteiger partial charge on any atom is -0.330 e. The van der Waals surface area contributed by atoms with Crippen molar-refractivity contribution in [1.82, 2.24) is 4.90 Å². The van der Waals surface area contributed by atoms with Crippen LogP contribution in [0.3, 0.4) is 0 Å². The Kier molecular flexibility index (Phi) is 5.05. The highest BCUT2D eigenvalue weighted by Crippen LogP contribution is 2.29. The fraction of sp³-hybridized carbons (Fsp3) is 0.600. The highest BCUT2D eigenvalue weighted by molar-refractivity contribution is 5.24. The molecule has 0 bridgehead atoms. The number of nitrogens with two attached hydrogens (primary N) is 1. The van der Waals surface area contributed by atoms with Gasteiger partial charge in [-0.3, -0.25) is 4.90 Å². The zero-order valence-electron chi connectivity index (χ0n) is 11.5. The highest BCUT2D eigenvalue weighted by Gasteiger charge is 2.30. The topological polar surface area (TPSA) is 29.3 Å². The van der Waals surface area contributed by atoms with E-state index in [1.807, 2.05) is 0 Å². The number of hydrogen-bond acceptors (Lipinski definition) is 2. The third-order valence-corrected chi connectivity index (χ3v) is 3.92. The Labute approximate surface area is 117 Å². The molecular formula is C15H21F3N2. The van der Waals surface area contributed by atoms with Crippen molar-refractivity contribution in [3.8, 4) is 0 Å². The third kappa shape index (κ3) is 3.96. The van der Waals surface area contributed by atoms with E-state index in [0.29, 0.717) is 19.1 Å². The lowest BCUT2D eigenvalue weighted by Crippen LogP contribution is -2.40. The van der Waals surface area contributed by atoms with Gasteiger partial charge < -0.3 is 5.73 Å². The molecule has 1 aliphatic rings. The maximum atomic E-state index is 12.5. The molecule has 1 aliphatic heterocycles. The fourth-order valence-electron chi connectivity index (χ4n) is 2.82. The average Bonchev–Trinajstić information content (AvgIpc) is 2.41. The van der Waals surface area contributed by atoms with Gasteiger partial charge in [-0.15, -0.1) is 0 Å². The van der Waals surface area contributed by atoms with Crippen LogP contribution in [0.1, 0.15) is 36.8 Å². The molecule has 1 saturated heterocycles. The molecule has 0 radical (unpaired) electrons. The molecule has 5 heteroatoms. The van der Waals surface area contributed by atoms with E-state index in [1.54, 1.807) is 12.1 Å². The van der Waals surface area contributed by atoms with E-state index in [2.05, 4.69) is 4.90 Å². The zero-order valence-corrected chi connectivity index (χ0v) is 11.5. The molecular weight excluding hydrogens is 265 g/mol. The lowest BCUT2D eigenvalue weighted by atomic mass is 9.98. The number of rotatable bonds is 4. The van der Waals surface area contributed by atoms with E-state index >= 15 is 0 Å². The first-order valence-corrected chi connectivity index (χ1v) is 7.11. The molecule has 0 aromatic heterocycles. The second-order valence-electron chi connectivity index (χ2n) is 5.39. The monoisotopic (exact) mass is 286 g/mol. The van der Waals surface area contributed by atoms with Crippen molar-refractivity contribution in [1.29, 1.82) is 0 Å². The number of nitrogens with zero attached hydrogens (tertiary/aromatic N) is 1. The highest BCUT2D eigenvalue weighted by atomic mass is 19.4. The number of likely N-dealkylation sites (tertiary alicyclic amines) is 1. The van der Waals surface area contributed by atoms with E-state index < -0.39 is 11.7 Å². The van der Waals surface area contributed by atoms with Gasteiger partial charge in [-0.25, -0.2) is 0 Å². The molecule has 1 aromatic rings. The summed E-state index contributed by atoms with van der Waals surface area (Å²) in [5.41, 5.74) is 5.98. The molecule has 0 amide bonds. The third-order valence-electron chi connectivity index (χ3n) is 3.92. The molecule has 0 saturated carbocycles. The fourth-order valence-corrected chi connectivity index (χ4v) is 2.82. The minimum absolute atomic E-state index is 0.469. The van der Waals surface area contributed by atoms with Gasteiger partial charge >= 0.3 is 6.18 Å². The summed E-state index contributed by atoms with van der Waals surface area (Å²) in [7, 11) is 0. The summed E-state index contributed by atoms with van der Waals surface area (Å²) in [6.45, 7) is 2.38. The van der Waals surface area contributed by atoms with Crippen LogP contribution in [-0.2, 0) is 12.7 Å². The van der Waals surface area contributed by atoms with Gasteiger partial charge in [0.25, 0.3) is 0 Å². The molecule has 1 heterocycles. The van der Waals surface area contributed by atoms with Gasteiger partial charge in [-0.1, -0.05) is 18.6 Å². The van der Waals surface area contributed by atoms with Crippen molar-refractivity contribution in [2.75, 3.05) is 13.1 Å². The molecule has 1 aromatic carbocycles. The van der Waals surface area contributed by atoms with Gasteiger partial charge in [-0.05, 0) is 50.0 Å². The predicted molar refractivity (Wildman–Crippen MR) is 73.2 cm³/mol. The van der Waals surface area contributed by atoms with E-state index in [1.165, 1.54) is 6.42 Å². The first-order valence-electron chi connectivity index (χ1n) is 7.11. The quantitative estimate of drug-likeness (QED) is 0.919. The van der Waals surface area contributed by atoms with Crippen molar-refractivity contribution in [3.05, 3.63) is 35.4 Å². The summed E-state index contributed by atoms with van der Waals surface area (Å²) in [4.78, 5) is 2.35. The van der Waals surface area contributed by atoms with Crippen molar-refractivity contribution in [3.63, 3.8) is 0 Å². The van der Waals surface area contributed by atoms with Gasteiger partial charge in [-0.2, -0.15) is 13.2 Å². The lowest BCUT2D eigenvalue weighted by molar-refractivity contribution is -0.137.